The molecule has 0 aliphatic heterocycles. The third kappa shape index (κ3) is 2.37. The Kier molecular flexibility index (Phi) is 4.26. The minimum Gasteiger partial charge on any atom is -0.298 e. The highest BCUT2D eigenvalue weighted by molar-refractivity contribution is 6.35. The highest BCUT2D eigenvalue weighted by atomic mass is 35.5. The van der Waals surface area contributed by atoms with Gasteiger partial charge in [-0.3, -0.25) is 9.59 Å². The van der Waals surface area contributed by atoms with E-state index in [1.807, 2.05) is 26.0 Å². The molecular weight excluding hydrogens is 295 g/mol. The molecule has 0 saturated heterocycles. The Morgan fingerprint density at radius 3 is 1.40 bits per heavy atom. The molecular formula is C16H12Cl2O2. The van der Waals surface area contributed by atoms with Gasteiger partial charge in [-0.25, -0.2) is 0 Å². The van der Waals surface area contributed by atoms with E-state index < -0.39 is 0 Å². The van der Waals surface area contributed by atoms with Gasteiger partial charge in [0.05, 0.1) is 10.0 Å². The first kappa shape index (κ1) is 14.8. The van der Waals surface area contributed by atoms with Crippen LogP contribution in [0.25, 0.3) is 11.1 Å². The zero-order valence-corrected chi connectivity index (χ0v) is 12.5. The van der Waals surface area contributed by atoms with Crippen LogP contribution in [0.4, 0.5) is 0 Å². The van der Waals surface area contributed by atoms with Crippen molar-refractivity contribution in [3.05, 3.63) is 56.6 Å². The second-order valence-electron chi connectivity index (χ2n) is 4.54. The maximum absolute atomic E-state index is 11.4. The van der Waals surface area contributed by atoms with E-state index in [1.54, 1.807) is 12.1 Å². The van der Waals surface area contributed by atoms with Crippen LogP contribution in [0.5, 0.6) is 0 Å². The first-order valence-corrected chi connectivity index (χ1v) is 6.75. The van der Waals surface area contributed by atoms with Crippen LogP contribution < -0.4 is 0 Å². The summed E-state index contributed by atoms with van der Waals surface area (Å²) in [6.07, 6.45) is 1.42. The fourth-order valence-electron chi connectivity index (χ4n) is 2.30. The number of benzene rings is 2. The molecule has 102 valence electrons. The third-order valence-corrected chi connectivity index (χ3v) is 3.95. The molecule has 2 nitrogen and oxygen atoms in total. The Morgan fingerprint density at radius 2 is 1.10 bits per heavy atom. The molecule has 4 heteroatoms. The monoisotopic (exact) mass is 306 g/mol. The third-order valence-electron chi connectivity index (χ3n) is 3.29. The van der Waals surface area contributed by atoms with Crippen LogP contribution in [0.3, 0.4) is 0 Å². The van der Waals surface area contributed by atoms with Crippen molar-refractivity contribution in [3.63, 3.8) is 0 Å². The lowest BCUT2D eigenvalue weighted by Gasteiger charge is -2.16. The predicted octanol–water partition coefficient (Wildman–Crippen LogP) is 4.90. The van der Waals surface area contributed by atoms with Crippen molar-refractivity contribution < 1.29 is 9.59 Å². The van der Waals surface area contributed by atoms with Gasteiger partial charge in [0.25, 0.3) is 0 Å². The van der Waals surface area contributed by atoms with E-state index in [-0.39, 0.29) is 0 Å². The van der Waals surface area contributed by atoms with E-state index in [0.29, 0.717) is 44.9 Å². The number of hydrogen-bond acceptors (Lipinski definition) is 2. The first-order chi connectivity index (χ1) is 9.51. The molecule has 0 unspecified atom stereocenters. The summed E-state index contributed by atoms with van der Waals surface area (Å²) in [5, 5.41) is 0.716. The van der Waals surface area contributed by atoms with Crippen molar-refractivity contribution in [1.29, 1.82) is 0 Å². The SMILES string of the molecule is Cc1ccc(Cl)c(C=O)c1-c1c(C)ccc(Cl)c1C=O. The predicted molar refractivity (Wildman–Crippen MR) is 82.1 cm³/mol. The first-order valence-electron chi connectivity index (χ1n) is 6.00. The van der Waals surface area contributed by atoms with Crippen LogP contribution in [-0.2, 0) is 0 Å². The van der Waals surface area contributed by atoms with E-state index >= 15 is 0 Å². The standard InChI is InChI=1S/C16H12Cl2O2/c1-9-3-5-13(17)11(7-19)15(9)16-10(2)4-6-14(18)12(16)8-20/h3-8H,1-2H3. The van der Waals surface area contributed by atoms with Crippen LogP contribution in [0.2, 0.25) is 10.0 Å². The van der Waals surface area contributed by atoms with Crippen LogP contribution in [0.1, 0.15) is 31.8 Å². The fraction of sp³-hybridized carbons (Fsp3) is 0.125. The number of halogens is 2. The minimum atomic E-state index is 0.358. The van der Waals surface area contributed by atoms with E-state index in [2.05, 4.69) is 0 Å². The van der Waals surface area contributed by atoms with E-state index in [9.17, 15) is 9.59 Å². The molecule has 0 atom stereocenters. The summed E-state index contributed by atoms with van der Waals surface area (Å²) < 4.78 is 0. The Bertz CT molecular complexity index is 645. The van der Waals surface area contributed by atoms with Crippen LogP contribution in [-0.4, -0.2) is 12.6 Å². The molecule has 0 fully saturated rings. The molecule has 0 heterocycles. The molecule has 0 aliphatic carbocycles. The maximum Gasteiger partial charge on any atom is 0.152 e. The molecule has 0 radical (unpaired) electrons. The van der Waals surface area contributed by atoms with Gasteiger partial charge in [0.15, 0.2) is 12.6 Å². The van der Waals surface area contributed by atoms with Crippen LogP contribution >= 0.6 is 23.2 Å². The number of carbonyl (C=O) groups excluding carboxylic acids is 2. The van der Waals surface area contributed by atoms with Crippen molar-refractivity contribution in [2.24, 2.45) is 0 Å². The van der Waals surface area contributed by atoms with Gasteiger partial charge in [0.2, 0.25) is 0 Å². The van der Waals surface area contributed by atoms with Gasteiger partial charge in [-0.15, -0.1) is 0 Å². The molecule has 2 rings (SSSR count). The summed E-state index contributed by atoms with van der Waals surface area (Å²) in [6.45, 7) is 3.74. The fourth-order valence-corrected chi connectivity index (χ4v) is 2.70. The lowest BCUT2D eigenvalue weighted by molar-refractivity contribution is 0.111. The molecule has 0 saturated carbocycles. The number of aryl methyl sites for hydroxylation is 2. The summed E-state index contributed by atoms with van der Waals surface area (Å²) >= 11 is 12.2. The molecule has 0 aliphatic rings. The van der Waals surface area contributed by atoms with Crippen molar-refractivity contribution in [2.45, 2.75) is 13.8 Å². The Labute approximate surface area is 127 Å². The van der Waals surface area contributed by atoms with Crippen LogP contribution in [0.15, 0.2) is 24.3 Å². The topological polar surface area (TPSA) is 34.1 Å². The number of rotatable bonds is 3. The average molecular weight is 307 g/mol. The molecule has 2 aromatic carbocycles. The number of hydrogen-bond donors (Lipinski definition) is 0. The zero-order chi connectivity index (χ0) is 14.9. The maximum atomic E-state index is 11.4. The molecule has 0 amide bonds. The van der Waals surface area contributed by atoms with Gasteiger partial charge in [0, 0.05) is 11.1 Å². The van der Waals surface area contributed by atoms with Gasteiger partial charge in [-0.1, -0.05) is 35.3 Å². The van der Waals surface area contributed by atoms with E-state index in [1.165, 1.54) is 0 Å². The highest BCUT2D eigenvalue weighted by Gasteiger charge is 2.18. The minimum absolute atomic E-state index is 0.358. The molecule has 0 bridgehead atoms. The molecule has 0 aromatic heterocycles. The van der Waals surface area contributed by atoms with E-state index in [4.69, 9.17) is 23.2 Å². The van der Waals surface area contributed by atoms with E-state index in [0.717, 1.165) is 11.1 Å². The summed E-state index contributed by atoms with van der Waals surface area (Å²) in [5.74, 6) is 0. The summed E-state index contributed by atoms with van der Waals surface area (Å²) in [5.41, 5.74) is 3.81. The Hall–Kier alpha value is -1.64. The molecule has 20 heavy (non-hydrogen) atoms. The van der Waals surface area contributed by atoms with Crippen LogP contribution in [0, 0.1) is 13.8 Å². The highest BCUT2D eigenvalue weighted by Crippen LogP contribution is 2.37. The number of aldehydes is 2. The summed E-state index contributed by atoms with van der Waals surface area (Å²) in [7, 11) is 0. The number of carbonyl (C=O) groups is 2. The lowest BCUT2D eigenvalue weighted by atomic mass is 9.89. The van der Waals surface area contributed by atoms with Gasteiger partial charge in [0.1, 0.15) is 0 Å². The normalized spacial score (nSPS) is 10.4. The largest absolute Gasteiger partial charge is 0.298 e. The summed E-state index contributed by atoms with van der Waals surface area (Å²) in [6, 6.07) is 6.98. The van der Waals surface area contributed by atoms with Gasteiger partial charge in [-0.05, 0) is 48.2 Å². The van der Waals surface area contributed by atoms with Gasteiger partial charge >= 0.3 is 0 Å². The van der Waals surface area contributed by atoms with Crippen molar-refractivity contribution in [1.82, 2.24) is 0 Å². The second-order valence-corrected chi connectivity index (χ2v) is 5.36. The molecule has 0 spiro atoms. The smallest absolute Gasteiger partial charge is 0.152 e. The average Bonchev–Trinajstić information content (AvgIpc) is 2.43. The quantitative estimate of drug-likeness (QED) is 0.756. The summed E-state index contributed by atoms with van der Waals surface area (Å²) in [4.78, 5) is 22.7. The Morgan fingerprint density at radius 1 is 0.750 bits per heavy atom. The molecule has 0 N–H and O–H groups in total. The van der Waals surface area contributed by atoms with Crippen molar-refractivity contribution in [3.8, 4) is 11.1 Å². The van der Waals surface area contributed by atoms with Crippen molar-refractivity contribution >= 4 is 35.8 Å². The Balaban J connectivity index is 2.95. The van der Waals surface area contributed by atoms with Crippen molar-refractivity contribution in [2.75, 3.05) is 0 Å². The van der Waals surface area contributed by atoms with Gasteiger partial charge < -0.3 is 0 Å². The molecule has 2 aromatic rings. The van der Waals surface area contributed by atoms with Gasteiger partial charge in [-0.2, -0.15) is 0 Å². The lowest BCUT2D eigenvalue weighted by Crippen LogP contribution is -1.99. The second kappa shape index (κ2) is 5.78. The zero-order valence-electron chi connectivity index (χ0n) is 11.0.